The van der Waals surface area contributed by atoms with E-state index in [1.165, 1.54) is 14.2 Å². The van der Waals surface area contributed by atoms with Crippen molar-refractivity contribution in [2.45, 2.75) is 6.92 Å². The van der Waals surface area contributed by atoms with Gasteiger partial charge in [0, 0.05) is 7.05 Å². The third kappa shape index (κ3) is 3.21. The first-order valence-corrected chi connectivity index (χ1v) is 5.07. The summed E-state index contributed by atoms with van der Waals surface area (Å²) in [5, 5.41) is 8.63. The molecule has 0 saturated carbocycles. The molecule has 0 atom stereocenters. The minimum Gasteiger partial charge on any atom is -0.496 e. The van der Waals surface area contributed by atoms with Crippen LogP contribution in [-0.2, 0) is 4.79 Å². The van der Waals surface area contributed by atoms with Crippen LogP contribution < -0.4 is 4.74 Å². The predicted octanol–water partition coefficient (Wildman–Crippen LogP) is 1.16. The van der Waals surface area contributed by atoms with E-state index in [0.29, 0.717) is 11.3 Å². The number of rotatable bonds is 4. The molecule has 0 saturated heterocycles. The van der Waals surface area contributed by atoms with E-state index in [0.717, 1.165) is 10.5 Å². The van der Waals surface area contributed by atoms with Crippen molar-refractivity contribution in [2.75, 3.05) is 20.7 Å². The summed E-state index contributed by atoms with van der Waals surface area (Å²) in [5.74, 6) is -0.969. The number of carboxylic acids is 1. The highest BCUT2D eigenvalue weighted by Gasteiger charge is 2.18. The van der Waals surface area contributed by atoms with Crippen molar-refractivity contribution in [1.29, 1.82) is 0 Å². The van der Waals surface area contributed by atoms with Crippen LogP contribution in [0.15, 0.2) is 18.2 Å². The first-order valence-electron chi connectivity index (χ1n) is 5.07. The Labute approximate surface area is 99.6 Å². The largest absolute Gasteiger partial charge is 0.496 e. The Morgan fingerprint density at radius 3 is 2.59 bits per heavy atom. The number of carbonyl (C=O) groups excluding carboxylic acids is 1. The van der Waals surface area contributed by atoms with Gasteiger partial charge in [-0.2, -0.15) is 0 Å². The van der Waals surface area contributed by atoms with Crippen LogP contribution in [-0.4, -0.2) is 42.6 Å². The van der Waals surface area contributed by atoms with Crippen LogP contribution in [0.25, 0.3) is 0 Å². The fourth-order valence-electron chi connectivity index (χ4n) is 1.46. The van der Waals surface area contributed by atoms with Crippen LogP contribution in [0, 0.1) is 6.92 Å². The monoisotopic (exact) mass is 237 g/mol. The van der Waals surface area contributed by atoms with Crippen molar-refractivity contribution in [3.05, 3.63) is 29.3 Å². The van der Waals surface area contributed by atoms with E-state index in [1.807, 2.05) is 6.92 Å². The van der Waals surface area contributed by atoms with Gasteiger partial charge in [0.25, 0.3) is 5.91 Å². The van der Waals surface area contributed by atoms with Gasteiger partial charge < -0.3 is 14.7 Å². The second kappa shape index (κ2) is 5.34. The molecule has 0 fully saturated rings. The van der Waals surface area contributed by atoms with Crippen molar-refractivity contribution in [3.8, 4) is 5.75 Å². The Bertz CT molecular complexity index is 442. The SMILES string of the molecule is COc1cc(C)ccc1C(=O)N(C)CC(=O)O. The third-order valence-corrected chi connectivity index (χ3v) is 2.31. The Hall–Kier alpha value is -2.04. The smallest absolute Gasteiger partial charge is 0.323 e. The second-order valence-corrected chi connectivity index (χ2v) is 3.76. The highest BCUT2D eigenvalue weighted by Crippen LogP contribution is 2.21. The van der Waals surface area contributed by atoms with Gasteiger partial charge >= 0.3 is 5.97 Å². The Balaban J connectivity index is 2.99. The summed E-state index contributed by atoms with van der Waals surface area (Å²) < 4.78 is 5.11. The molecular weight excluding hydrogens is 222 g/mol. The first kappa shape index (κ1) is 13.0. The maximum absolute atomic E-state index is 12.0. The van der Waals surface area contributed by atoms with Gasteiger partial charge in [-0.05, 0) is 24.6 Å². The number of hydrogen-bond donors (Lipinski definition) is 1. The van der Waals surface area contributed by atoms with Gasteiger partial charge in [0.05, 0.1) is 12.7 Å². The maximum atomic E-state index is 12.0. The van der Waals surface area contributed by atoms with Crippen LogP contribution in [0.1, 0.15) is 15.9 Å². The van der Waals surface area contributed by atoms with Crippen molar-refractivity contribution in [2.24, 2.45) is 0 Å². The molecule has 0 aliphatic carbocycles. The molecule has 0 radical (unpaired) electrons. The summed E-state index contributed by atoms with van der Waals surface area (Å²) in [7, 11) is 2.92. The number of methoxy groups -OCH3 is 1. The molecule has 1 aromatic carbocycles. The fraction of sp³-hybridized carbons (Fsp3) is 0.333. The maximum Gasteiger partial charge on any atom is 0.323 e. The van der Waals surface area contributed by atoms with Crippen LogP contribution in [0.5, 0.6) is 5.75 Å². The van der Waals surface area contributed by atoms with E-state index >= 15 is 0 Å². The van der Waals surface area contributed by atoms with Gasteiger partial charge in [0.1, 0.15) is 12.3 Å². The summed E-state index contributed by atoms with van der Waals surface area (Å²) in [4.78, 5) is 23.6. The number of carboxylic acid groups (broad SMARTS) is 1. The predicted molar refractivity (Wildman–Crippen MR) is 62.3 cm³/mol. The molecule has 0 spiro atoms. The van der Waals surface area contributed by atoms with Gasteiger partial charge in [0.15, 0.2) is 0 Å². The molecule has 0 aliphatic heterocycles. The summed E-state index contributed by atoms with van der Waals surface area (Å²) in [6.07, 6.45) is 0. The molecule has 1 rings (SSSR count). The van der Waals surface area contributed by atoms with Gasteiger partial charge in [-0.3, -0.25) is 9.59 Å². The molecule has 1 N–H and O–H groups in total. The van der Waals surface area contributed by atoms with Gasteiger partial charge in [-0.25, -0.2) is 0 Å². The van der Waals surface area contributed by atoms with Crippen LogP contribution in [0.2, 0.25) is 0 Å². The number of aryl methyl sites for hydroxylation is 1. The molecule has 17 heavy (non-hydrogen) atoms. The molecule has 1 amide bonds. The van der Waals surface area contributed by atoms with Gasteiger partial charge in [-0.15, -0.1) is 0 Å². The van der Waals surface area contributed by atoms with E-state index in [2.05, 4.69) is 0 Å². The zero-order valence-corrected chi connectivity index (χ0v) is 10.1. The minimum atomic E-state index is -1.05. The molecule has 0 unspecified atom stereocenters. The Kier molecular flexibility index (Phi) is 4.09. The zero-order valence-electron chi connectivity index (χ0n) is 10.1. The number of carbonyl (C=O) groups is 2. The van der Waals surface area contributed by atoms with Crippen LogP contribution in [0.4, 0.5) is 0 Å². The average Bonchev–Trinajstić information content (AvgIpc) is 2.27. The van der Waals surface area contributed by atoms with E-state index in [1.54, 1.807) is 18.2 Å². The molecule has 5 nitrogen and oxygen atoms in total. The van der Waals surface area contributed by atoms with Gasteiger partial charge in [-0.1, -0.05) is 6.07 Å². The molecule has 1 aromatic rings. The van der Waals surface area contributed by atoms with E-state index in [-0.39, 0.29) is 12.5 Å². The number of aliphatic carboxylic acids is 1. The lowest BCUT2D eigenvalue weighted by Gasteiger charge is -2.16. The quantitative estimate of drug-likeness (QED) is 0.853. The van der Waals surface area contributed by atoms with Crippen LogP contribution in [0.3, 0.4) is 0 Å². The third-order valence-electron chi connectivity index (χ3n) is 2.31. The average molecular weight is 237 g/mol. The number of likely N-dealkylation sites (N-methyl/N-ethyl adjacent to an activating group) is 1. The summed E-state index contributed by atoms with van der Waals surface area (Å²) >= 11 is 0. The summed E-state index contributed by atoms with van der Waals surface area (Å²) in [5.41, 5.74) is 1.33. The van der Waals surface area contributed by atoms with E-state index in [4.69, 9.17) is 9.84 Å². The molecule has 0 aromatic heterocycles. The molecule has 92 valence electrons. The second-order valence-electron chi connectivity index (χ2n) is 3.76. The summed E-state index contributed by atoms with van der Waals surface area (Å²) in [6.45, 7) is 1.55. The van der Waals surface area contributed by atoms with Crippen molar-refractivity contribution in [1.82, 2.24) is 4.90 Å². The van der Waals surface area contributed by atoms with E-state index < -0.39 is 5.97 Å². The standard InChI is InChI=1S/C12H15NO4/c1-8-4-5-9(10(6-8)17-3)12(16)13(2)7-11(14)15/h4-6H,7H2,1-3H3,(H,14,15). The Morgan fingerprint density at radius 1 is 1.41 bits per heavy atom. The number of benzene rings is 1. The molecule has 0 bridgehead atoms. The Morgan fingerprint density at radius 2 is 2.06 bits per heavy atom. The molecule has 0 heterocycles. The van der Waals surface area contributed by atoms with Crippen molar-refractivity contribution in [3.63, 3.8) is 0 Å². The van der Waals surface area contributed by atoms with Crippen molar-refractivity contribution < 1.29 is 19.4 Å². The normalized spacial score (nSPS) is 9.82. The summed E-state index contributed by atoms with van der Waals surface area (Å²) in [6, 6.07) is 5.15. The topological polar surface area (TPSA) is 66.8 Å². The lowest BCUT2D eigenvalue weighted by molar-refractivity contribution is -0.137. The zero-order chi connectivity index (χ0) is 13.0. The number of nitrogens with zero attached hydrogens (tertiary/aromatic N) is 1. The van der Waals surface area contributed by atoms with Crippen LogP contribution >= 0.6 is 0 Å². The van der Waals surface area contributed by atoms with E-state index in [9.17, 15) is 9.59 Å². The number of hydrogen-bond acceptors (Lipinski definition) is 3. The highest BCUT2D eigenvalue weighted by atomic mass is 16.5. The molecule has 5 heteroatoms. The minimum absolute atomic E-state index is 0.337. The number of ether oxygens (including phenoxy) is 1. The van der Waals surface area contributed by atoms with Crippen molar-refractivity contribution >= 4 is 11.9 Å². The molecule has 0 aliphatic rings. The molecular formula is C12H15NO4. The fourth-order valence-corrected chi connectivity index (χ4v) is 1.46. The first-order chi connectivity index (χ1) is 7.95. The highest BCUT2D eigenvalue weighted by molar-refractivity contribution is 5.98. The number of amides is 1. The lowest BCUT2D eigenvalue weighted by Crippen LogP contribution is -2.32. The lowest BCUT2D eigenvalue weighted by atomic mass is 10.1. The van der Waals surface area contributed by atoms with Gasteiger partial charge in [0.2, 0.25) is 0 Å².